The van der Waals surface area contributed by atoms with Crippen LogP contribution in [0.1, 0.15) is 36.5 Å². The van der Waals surface area contributed by atoms with Gasteiger partial charge in [0.1, 0.15) is 5.75 Å². The van der Waals surface area contributed by atoms with Gasteiger partial charge in [-0.1, -0.05) is 30.3 Å². The third-order valence-corrected chi connectivity index (χ3v) is 3.27. The topological polar surface area (TPSA) is 60.2 Å². The number of benzene rings is 1. The van der Waals surface area contributed by atoms with Gasteiger partial charge in [0.2, 0.25) is 5.89 Å². The smallest absolute Gasteiger partial charge is 0.234 e. The summed E-state index contributed by atoms with van der Waals surface area (Å²) in [6.45, 7) is 4.27. The molecule has 19 heavy (non-hydrogen) atoms. The fourth-order valence-corrected chi connectivity index (χ4v) is 2.32. The largest absolute Gasteiger partial charge is 0.493 e. The van der Waals surface area contributed by atoms with Gasteiger partial charge in [-0.05, 0) is 19.0 Å². The quantitative estimate of drug-likeness (QED) is 0.911. The Morgan fingerprint density at radius 3 is 3.16 bits per heavy atom. The van der Waals surface area contributed by atoms with Crippen LogP contribution in [-0.2, 0) is 6.54 Å². The number of para-hydroxylation sites is 1. The lowest BCUT2D eigenvalue weighted by atomic mass is 9.93. The van der Waals surface area contributed by atoms with Crippen LogP contribution < -0.4 is 10.1 Å². The first-order valence-electron chi connectivity index (χ1n) is 6.63. The Balaban J connectivity index is 1.85. The average molecular weight is 259 g/mol. The molecule has 2 aromatic rings. The second-order valence-electron chi connectivity index (χ2n) is 4.56. The molecule has 0 amide bonds. The second-order valence-corrected chi connectivity index (χ2v) is 4.56. The van der Waals surface area contributed by atoms with Gasteiger partial charge in [-0.25, -0.2) is 0 Å². The summed E-state index contributed by atoms with van der Waals surface area (Å²) in [5.41, 5.74) is 1.13. The van der Waals surface area contributed by atoms with E-state index >= 15 is 0 Å². The van der Waals surface area contributed by atoms with Crippen molar-refractivity contribution in [2.75, 3.05) is 13.2 Å². The Hall–Kier alpha value is -1.88. The van der Waals surface area contributed by atoms with E-state index in [4.69, 9.17) is 9.26 Å². The number of aromatic nitrogens is 2. The van der Waals surface area contributed by atoms with Crippen molar-refractivity contribution < 1.29 is 9.26 Å². The summed E-state index contributed by atoms with van der Waals surface area (Å²) in [4.78, 5) is 4.47. The summed E-state index contributed by atoms with van der Waals surface area (Å²) in [7, 11) is 0. The van der Waals surface area contributed by atoms with Gasteiger partial charge in [0.05, 0.1) is 19.1 Å². The molecule has 0 fully saturated rings. The van der Waals surface area contributed by atoms with Crippen LogP contribution in [0.4, 0.5) is 0 Å². The van der Waals surface area contributed by atoms with E-state index < -0.39 is 0 Å². The fraction of sp³-hybridized carbons (Fsp3) is 0.429. The molecule has 1 aromatic heterocycles. The Bertz CT molecular complexity index is 553. The van der Waals surface area contributed by atoms with Crippen LogP contribution in [0.2, 0.25) is 0 Å². The van der Waals surface area contributed by atoms with Crippen LogP contribution in [0.5, 0.6) is 5.75 Å². The minimum Gasteiger partial charge on any atom is -0.493 e. The molecule has 100 valence electrons. The van der Waals surface area contributed by atoms with E-state index in [-0.39, 0.29) is 5.92 Å². The molecule has 3 rings (SSSR count). The Labute approximate surface area is 112 Å². The molecular formula is C14H17N3O2. The summed E-state index contributed by atoms with van der Waals surface area (Å²) in [6, 6.07) is 8.03. The van der Waals surface area contributed by atoms with Crippen LogP contribution in [-0.4, -0.2) is 23.3 Å². The number of fused-ring (bicyclic) bond motifs is 1. The number of rotatable bonds is 4. The Kier molecular flexibility index (Phi) is 3.46. The van der Waals surface area contributed by atoms with Crippen molar-refractivity contribution in [3.63, 3.8) is 0 Å². The lowest BCUT2D eigenvalue weighted by molar-refractivity contribution is 0.256. The van der Waals surface area contributed by atoms with E-state index in [1.165, 1.54) is 0 Å². The number of hydrogen-bond donors (Lipinski definition) is 1. The first-order chi connectivity index (χ1) is 9.38. The zero-order valence-corrected chi connectivity index (χ0v) is 10.9. The highest BCUT2D eigenvalue weighted by Crippen LogP contribution is 2.36. The van der Waals surface area contributed by atoms with Crippen LogP contribution in [0, 0.1) is 0 Å². The summed E-state index contributed by atoms with van der Waals surface area (Å²) in [5.74, 6) is 2.46. The summed E-state index contributed by atoms with van der Waals surface area (Å²) in [6.07, 6.45) is 0.875. The van der Waals surface area contributed by atoms with Gasteiger partial charge >= 0.3 is 0 Å². The molecule has 5 nitrogen and oxygen atoms in total. The molecule has 0 radical (unpaired) electrons. The van der Waals surface area contributed by atoms with E-state index in [1.807, 2.05) is 18.2 Å². The van der Waals surface area contributed by atoms with Crippen molar-refractivity contribution in [3.05, 3.63) is 41.5 Å². The number of nitrogens with zero attached hydrogens (tertiary/aromatic N) is 2. The predicted octanol–water partition coefficient (Wildman–Crippen LogP) is 2.09. The van der Waals surface area contributed by atoms with Crippen LogP contribution in [0.15, 0.2) is 28.8 Å². The zero-order valence-electron chi connectivity index (χ0n) is 10.9. The standard InChI is InChI=1S/C14H17N3O2/c1-2-15-9-13-16-14(19-17-13)11-7-8-18-12-6-4-3-5-10(11)12/h3-6,11,15H,2,7-9H2,1H3. The molecule has 0 saturated heterocycles. The molecule has 0 saturated carbocycles. The van der Waals surface area contributed by atoms with Gasteiger partial charge in [0, 0.05) is 5.56 Å². The maximum Gasteiger partial charge on any atom is 0.234 e. The molecule has 0 spiro atoms. The molecule has 2 heterocycles. The van der Waals surface area contributed by atoms with Crippen molar-refractivity contribution in [2.24, 2.45) is 0 Å². The van der Waals surface area contributed by atoms with Gasteiger partial charge in [-0.2, -0.15) is 4.98 Å². The molecule has 1 aliphatic heterocycles. The maximum absolute atomic E-state index is 5.64. The molecule has 1 aliphatic rings. The normalized spacial score (nSPS) is 17.8. The molecular weight excluding hydrogens is 242 g/mol. The maximum atomic E-state index is 5.64. The van der Waals surface area contributed by atoms with Gasteiger partial charge in [-0.3, -0.25) is 0 Å². The highest BCUT2D eigenvalue weighted by atomic mass is 16.5. The van der Waals surface area contributed by atoms with E-state index in [0.29, 0.717) is 24.9 Å². The summed E-state index contributed by atoms with van der Waals surface area (Å²) in [5, 5.41) is 7.20. The van der Waals surface area contributed by atoms with Crippen LogP contribution in [0.25, 0.3) is 0 Å². The van der Waals surface area contributed by atoms with Crippen molar-refractivity contribution >= 4 is 0 Å². The minimum absolute atomic E-state index is 0.146. The third kappa shape index (κ3) is 2.46. The van der Waals surface area contributed by atoms with Crippen molar-refractivity contribution in [1.82, 2.24) is 15.5 Å². The van der Waals surface area contributed by atoms with Gasteiger partial charge in [0.25, 0.3) is 0 Å². The monoisotopic (exact) mass is 259 g/mol. The first-order valence-corrected chi connectivity index (χ1v) is 6.63. The van der Waals surface area contributed by atoms with E-state index in [0.717, 1.165) is 24.3 Å². The Morgan fingerprint density at radius 2 is 2.26 bits per heavy atom. The van der Waals surface area contributed by atoms with E-state index in [1.54, 1.807) is 0 Å². The van der Waals surface area contributed by atoms with Crippen molar-refractivity contribution in [3.8, 4) is 5.75 Å². The lowest BCUT2D eigenvalue weighted by Crippen LogP contribution is -2.16. The SMILES string of the molecule is CCNCc1noc(C2CCOc3ccccc32)n1. The molecule has 1 atom stereocenters. The molecule has 0 aliphatic carbocycles. The van der Waals surface area contributed by atoms with Gasteiger partial charge < -0.3 is 14.6 Å². The first kappa shape index (κ1) is 12.2. The number of hydrogen-bond acceptors (Lipinski definition) is 5. The summed E-state index contributed by atoms with van der Waals surface area (Å²) >= 11 is 0. The number of nitrogens with one attached hydrogen (secondary N) is 1. The average Bonchev–Trinajstić information content (AvgIpc) is 2.93. The molecule has 1 aromatic carbocycles. The van der Waals surface area contributed by atoms with E-state index in [9.17, 15) is 0 Å². The number of ether oxygens (including phenoxy) is 1. The molecule has 1 N–H and O–H groups in total. The highest BCUT2D eigenvalue weighted by molar-refractivity contribution is 5.40. The second kappa shape index (κ2) is 5.40. The highest BCUT2D eigenvalue weighted by Gasteiger charge is 2.27. The molecule has 1 unspecified atom stereocenters. The lowest BCUT2D eigenvalue weighted by Gasteiger charge is -2.22. The van der Waals surface area contributed by atoms with Crippen molar-refractivity contribution in [1.29, 1.82) is 0 Å². The zero-order chi connectivity index (χ0) is 13.1. The van der Waals surface area contributed by atoms with Gasteiger partial charge in [0.15, 0.2) is 5.82 Å². The van der Waals surface area contributed by atoms with Gasteiger partial charge in [-0.15, -0.1) is 0 Å². The summed E-state index contributed by atoms with van der Waals surface area (Å²) < 4.78 is 11.0. The minimum atomic E-state index is 0.146. The van der Waals surface area contributed by atoms with Crippen LogP contribution in [0.3, 0.4) is 0 Å². The third-order valence-electron chi connectivity index (χ3n) is 3.27. The van der Waals surface area contributed by atoms with E-state index in [2.05, 4.69) is 28.4 Å². The molecule has 0 bridgehead atoms. The molecule has 5 heteroatoms. The van der Waals surface area contributed by atoms with Crippen LogP contribution >= 0.6 is 0 Å². The van der Waals surface area contributed by atoms with Crippen molar-refractivity contribution in [2.45, 2.75) is 25.8 Å². The Morgan fingerprint density at radius 1 is 1.37 bits per heavy atom. The predicted molar refractivity (Wildman–Crippen MR) is 70.1 cm³/mol. The fourth-order valence-electron chi connectivity index (χ4n) is 2.32.